The standard InChI is InChI=1S/C18H16Cl2N2O2/c1-11-3-2-4-13(9-11)21-18(24)17(22-8-7-16(22)23)14-6-5-12(19)10-15(14)20/h2-6,9-10,17H,7-8H2,1H3,(H,21,24)/t17-/m1/s1. The summed E-state index contributed by atoms with van der Waals surface area (Å²) in [6.45, 7) is 2.48. The molecule has 1 saturated heterocycles. The third-order valence-corrected chi connectivity index (χ3v) is 4.55. The van der Waals surface area contributed by atoms with Crippen LogP contribution in [-0.2, 0) is 9.59 Å². The molecule has 1 aliphatic heterocycles. The van der Waals surface area contributed by atoms with Crippen molar-refractivity contribution >= 4 is 40.7 Å². The Bertz CT molecular complexity index is 807. The van der Waals surface area contributed by atoms with Gasteiger partial charge in [0.15, 0.2) is 0 Å². The van der Waals surface area contributed by atoms with Crippen LogP contribution in [0.25, 0.3) is 0 Å². The molecule has 6 heteroatoms. The number of carbonyl (C=O) groups is 2. The molecule has 0 aromatic heterocycles. The van der Waals surface area contributed by atoms with Crippen molar-refractivity contribution in [1.29, 1.82) is 0 Å². The smallest absolute Gasteiger partial charge is 0.251 e. The summed E-state index contributed by atoms with van der Waals surface area (Å²) < 4.78 is 0. The Kier molecular flexibility index (Phi) is 4.78. The number of hydrogen-bond acceptors (Lipinski definition) is 2. The van der Waals surface area contributed by atoms with Gasteiger partial charge in [0.05, 0.1) is 0 Å². The van der Waals surface area contributed by atoms with E-state index >= 15 is 0 Å². The van der Waals surface area contributed by atoms with E-state index in [0.717, 1.165) is 5.56 Å². The quantitative estimate of drug-likeness (QED) is 0.828. The van der Waals surface area contributed by atoms with Crippen LogP contribution in [0.15, 0.2) is 42.5 Å². The number of anilines is 1. The SMILES string of the molecule is Cc1cccc(NC(=O)[C@@H](c2ccc(Cl)cc2Cl)N2CCC2=O)c1. The molecular formula is C18H16Cl2N2O2. The fraction of sp³-hybridized carbons (Fsp3) is 0.222. The van der Waals surface area contributed by atoms with Crippen LogP contribution >= 0.6 is 23.2 Å². The van der Waals surface area contributed by atoms with Crippen LogP contribution in [0.2, 0.25) is 10.0 Å². The Hall–Kier alpha value is -2.04. The first-order chi connectivity index (χ1) is 11.5. The summed E-state index contributed by atoms with van der Waals surface area (Å²) >= 11 is 12.2. The summed E-state index contributed by atoms with van der Waals surface area (Å²) in [6, 6.07) is 11.7. The number of benzene rings is 2. The molecule has 124 valence electrons. The topological polar surface area (TPSA) is 49.4 Å². The number of aryl methyl sites for hydroxylation is 1. The van der Waals surface area contributed by atoms with Gasteiger partial charge in [-0.15, -0.1) is 0 Å². The van der Waals surface area contributed by atoms with Crippen LogP contribution in [0.3, 0.4) is 0 Å². The number of β-lactam (4-membered cyclic amide) rings is 1. The molecule has 1 N–H and O–H groups in total. The Morgan fingerprint density at radius 2 is 2.00 bits per heavy atom. The second-order valence-corrected chi connectivity index (χ2v) is 6.61. The van der Waals surface area contributed by atoms with E-state index in [2.05, 4.69) is 5.32 Å². The van der Waals surface area contributed by atoms with Gasteiger partial charge in [-0.05, 0) is 36.8 Å². The predicted octanol–water partition coefficient (Wildman–Crippen LogP) is 4.21. The first-order valence-corrected chi connectivity index (χ1v) is 8.33. The molecule has 0 saturated carbocycles. The van der Waals surface area contributed by atoms with E-state index in [-0.39, 0.29) is 11.8 Å². The van der Waals surface area contributed by atoms with Crippen LogP contribution in [0.5, 0.6) is 0 Å². The largest absolute Gasteiger partial charge is 0.326 e. The van der Waals surface area contributed by atoms with Gasteiger partial charge < -0.3 is 10.2 Å². The first kappa shape index (κ1) is 16.8. The summed E-state index contributed by atoms with van der Waals surface area (Å²) in [6.07, 6.45) is 0.444. The molecule has 24 heavy (non-hydrogen) atoms. The maximum atomic E-state index is 12.8. The highest BCUT2D eigenvalue weighted by Crippen LogP contribution is 2.34. The van der Waals surface area contributed by atoms with Crippen LogP contribution in [0, 0.1) is 6.92 Å². The number of carbonyl (C=O) groups excluding carboxylic acids is 2. The zero-order chi connectivity index (χ0) is 17.3. The van der Waals surface area contributed by atoms with Crippen molar-refractivity contribution in [1.82, 2.24) is 4.90 Å². The van der Waals surface area contributed by atoms with E-state index in [1.165, 1.54) is 4.90 Å². The van der Waals surface area contributed by atoms with Gasteiger partial charge in [0.25, 0.3) is 5.91 Å². The lowest BCUT2D eigenvalue weighted by molar-refractivity contribution is -0.147. The minimum atomic E-state index is -0.767. The van der Waals surface area contributed by atoms with Gasteiger partial charge in [0.2, 0.25) is 5.91 Å². The Labute approximate surface area is 150 Å². The maximum Gasteiger partial charge on any atom is 0.251 e. The molecule has 1 aliphatic rings. The highest BCUT2D eigenvalue weighted by molar-refractivity contribution is 6.35. The summed E-state index contributed by atoms with van der Waals surface area (Å²) in [5, 5.41) is 3.72. The minimum Gasteiger partial charge on any atom is -0.326 e. The van der Waals surface area contributed by atoms with Gasteiger partial charge in [0, 0.05) is 34.3 Å². The van der Waals surface area contributed by atoms with E-state index in [1.54, 1.807) is 18.2 Å². The lowest BCUT2D eigenvalue weighted by Crippen LogP contribution is -2.49. The van der Waals surface area contributed by atoms with E-state index in [0.29, 0.717) is 34.3 Å². The molecule has 2 aromatic carbocycles. The average Bonchev–Trinajstić information content (AvgIpc) is 2.51. The number of likely N-dealkylation sites (tertiary alicyclic amines) is 1. The fourth-order valence-electron chi connectivity index (χ4n) is 2.71. The Morgan fingerprint density at radius 1 is 1.21 bits per heavy atom. The van der Waals surface area contributed by atoms with Gasteiger partial charge in [-0.2, -0.15) is 0 Å². The predicted molar refractivity (Wildman–Crippen MR) is 95.3 cm³/mol. The van der Waals surface area contributed by atoms with Gasteiger partial charge in [-0.1, -0.05) is 41.4 Å². The van der Waals surface area contributed by atoms with Crippen molar-refractivity contribution in [3.05, 3.63) is 63.6 Å². The molecule has 2 aromatic rings. The monoisotopic (exact) mass is 362 g/mol. The highest BCUT2D eigenvalue weighted by atomic mass is 35.5. The number of nitrogens with one attached hydrogen (secondary N) is 1. The molecule has 1 heterocycles. The highest BCUT2D eigenvalue weighted by Gasteiger charge is 2.37. The molecule has 2 amide bonds. The summed E-state index contributed by atoms with van der Waals surface area (Å²) in [5.41, 5.74) is 2.29. The number of nitrogens with zero attached hydrogens (tertiary/aromatic N) is 1. The molecule has 1 atom stereocenters. The lowest BCUT2D eigenvalue weighted by atomic mass is 10.00. The van der Waals surface area contributed by atoms with E-state index < -0.39 is 6.04 Å². The molecule has 0 radical (unpaired) electrons. The third kappa shape index (κ3) is 3.40. The van der Waals surface area contributed by atoms with Crippen LogP contribution in [-0.4, -0.2) is 23.3 Å². The molecule has 0 aliphatic carbocycles. The average molecular weight is 363 g/mol. The first-order valence-electron chi connectivity index (χ1n) is 7.57. The third-order valence-electron chi connectivity index (χ3n) is 3.99. The zero-order valence-electron chi connectivity index (χ0n) is 13.1. The van der Waals surface area contributed by atoms with Gasteiger partial charge in [-0.3, -0.25) is 9.59 Å². The van der Waals surface area contributed by atoms with Crippen LogP contribution in [0.4, 0.5) is 5.69 Å². The summed E-state index contributed by atoms with van der Waals surface area (Å²) in [7, 11) is 0. The lowest BCUT2D eigenvalue weighted by Gasteiger charge is -2.37. The van der Waals surface area contributed by atoms with Crippen molar-refractivity contribution in [2.24, 2.45) is 0 Å². The fourth-order valence-corrected chi connectivity index (χ4v) is 3.22. The number of hydrogen-bond donors (Lipinski definition) is 1. The van der Waals surface area contributed by atoms with Crippen molar-refractivity contribution < 1.29 is 9.59 Å². The number of rotatable bonds is 4. The van der Waals surface area contributed by atoms with Gasteiger partial charge >= 0.3 is 0 Å². The molecule has 4 nitrogen and oxygen atoms in total. The minimum absolute atomic E-state index is 0.0644. The normalized spacial score (nSPS) is 15.0. The molecule has 0 spiro atoms. The van der Waals surface area contributed by atoms with Crippen LogP contribution in [0.1, 0.15) is 23.6 Å². The number of amides is 2. The molecule has 0 unspecified atom stereocenters. The van der Waals surface area contributed by atoms with Crippen molar-refractivity contribution in [2.75, 3.05) is 11.9 Å². The second kappa shape index (κ2) is 6.83. The van der Waals surface area contributed by atoms with Crippen molar-refractivity contribution in [2.45, 2.75) is 19.4 Å². The van der Waals surface area contributed by atoms with Crippen molar-refractivity contribution in [3.8, 4) is 0 Å². The number of halogens is 2. The summed E-state index contributed by atoms with van der Waals surface area (Å²) in [5.74, 6) is -0.358. The maximum absolute atomic E-state index is 12.8. The summed E-state index contributed by atoms with van der Waals surface area (Å²) in [4.78, 5) is 26.3. The van der Waals surface area contributed by atoms with Crippen molar-refractivity contribution in [3.63, 3.8) is 0 Å². The Balaban J connectivity index is 1.92. The molecule has 3 rings (SSSR count). The second-order valence-electron chi connectivity index (χ2n) is 5.76. The zero-order valence-corrected chi connectivity index (χ0v) is 14.6. The van der Waals surface area contributed by atoms with Gasteiger partial charge in [0.1, 0.15) is 6.04 Å². The molecule has 1 fully saturated rings. The van der Waals surface area contributed by atoms with Crippen LogP contribution < -0.4 is 5.32 Å². The van der Waals surface area contributed by atoms with E-state index in [1.807, 2.05) is 31.2 Å². The van der Waals surface area contributed by atoms with E-state index in [9.17, 15) is 9.59 Å². The van der Waals surface area contributed by atoms with E-state index in [4.69, 9.17) is 23.2 Å². The molecule has 0 bridgehead atoms. The van der Waals surface area contributed by atoms with Gasteiger partial charge in [-0.25, -0.2) is 0 Å². The Morgan fingerprint density at radius 3 is 2.58 bits per heavy atom. The molecular weight excluding hydrogens is 347 g/mol.